The van der Waals surface area contributed by atoms with Gasteiger partial charge in [0.2, 0.25) is 0 Å². The van der Waals surface area contributed by atoms with Crippen molar-refractivity contribution in [1.29, 1.82) is 0 Å². The van der Waals surface area contributed by atoms with Gasteiger partial charge in [0.25, 0.3) is 0 Å². The molecular formula is C14H13BrO2. The summed E-state index contributed by atoms with van der Waals surface area (Å²) in [5.74, 6) is 2.40. The summed E-state index contributed by atoms with van der Waals surface area (Å²) in [5, 5.41) is 0. The summed E-state index contributed by atoms with van der Waals surface area (Å²) in [4.78, 5) is 0. The molecule has 0 bridgehead atoms. The predicted octanol–water partition coefficient (Wildman–Crippen LogP) is 4.56. The van der Waals surface area contributed by atoms with Crippen LogP contribution >= 0.6 is 15.9 Å². The van der Waals surface area contributed by atoms with Crippen molar-refractivity contribution >= 4 is 15.9 Å². The first kappa shape index (κ1) is 12.0. The van der Waals surface area contributed by atoms with Gasteiger partial charge in [-0.05, 0) is 31.2 Å². The van der Waals surface area contributed by atoms with E-state index >= 15 is 0 Å². The van der Waals surface area contributed by atoms with E-state index in [1.54, 1.807) is 7.11 Å². The van der Waals surface area contributed by atoms with Crippen LogP contribution in [0.3, 0.4) is 0 Å². The van der Waals surface area contributed by atoms with Crippen LogP contribution in [0, 0.1) is 6.92 Å². The van der Waals surface area contributed by atoms with Gasteiger partial charge in [-0.2, -0.15) is 0 Å². The van der Waals surface area contributed by atoms with Crippen molar-refractivity contribution in [3.8, 4) is 17.2 Å². The molecular weight excluding hydrogens is 280 g/mol. The first-order chi connectivity index (χ1) is 8.20. The third kappa shape index (κ3) is 2.80. The van der Waals surface area contributed by atoms with Crippen LogP contribution in [0.2, 0.25) is 0 Å². The van der Waals surface area contributed by atoms with E-state index in [-0.39, 0.29) is 0 Å². The second kappa shape index (κ2) is 5.23. The van der Waals surface area contributed by atoms with Crippen LogP contribution in [0.25, 0.3) is 0 Å². The molecule has 88 valence electrons. The molecule has 2 aromatic carbocycles. The summed E-state index contributed by atoms with van der Waals surface area (Å²) in [6.07, 6.45) is 0. The van der Waals surface area contributed by atoms with E-state index in [0.717, 1.165) is 27.3 Å². The number of benzene rings is 2. The topological polar surface area (TPSA) is 18.5 Å². The number of rotatable bonds is 3. The summed E-state index contributed by atoms with van der Waals surface area (Å²) in [5.41, 5.74) is 1.08. The Morgan fingerprint density at radius 3 is 2.47 bits per heavy atom. The zero-order valence-corrected chi connectivity index (χ0v) is 11.3. The molecule has 0 heterocycles. The molecule has 2 rings (SSSR count). The molecule has 0 fully saturated rings. The molecule has 17 heavy (non-hydrogen) atoms. The summed E-state index contributed by atoms with van der Waals surface area (Å²) < 4.78 is 12.0. The smallest absolute Gasteiger partial charge is 0.131 e. The lowest BCUT2D eigenvalue weighted by atomic mass is 10.2. The molecule has 0 aromatic heterocycles. The van der Waals surface area contributed by atoms with Crippen LogP contribution in [0.1, 0.15) is 5.56 Å². The van der Waals surface area contributed by atoms with Gasteiger partial charge in [-0.15, -0.1) is 0 Å². The van der Waals surface area contributed by atoms with Crippen molar-refractivity contribution in [2.75, 3.05) is 7.11 Å². The van der Waals surface area contributed by atoms with E-state index in [1.165, 1.54) is 0 Å². The van der Waals surface area contributed by atoms with E-state index in [2.05, 4.69) is 15.9 Å². The number of hydrogen-bond donors (Lipinski definition) is 0. The third-order valence-corrected chi connectivity index (χ3v) is 3.35. The molecule has 2 nitrogen and oxygen atoms in total. The Morgan fingerprint density at radius 2 is 1.71 bits per heavy atom. The van der Waals surface area contributed by atoms with Crippen molar-refractivity contribution in [3.63, 3.8) is 0 Å². The van der Waals surface area contributed by atoms with Gasteiger partial charge in [-0.25, -0.2) is 0 Å². The van der Waals surface area contributed by atoms with Gasteiger partial charge in [0.1, 0.15) is 17.2 Å². The second-order valence-corrected chi connectivity index (χ2v) is 4.50. The van der Waals surface area contributed by atoms with E-state index in [1.807, 2.05) is 49.4 Å². The standard InChI is InChI=1S/C14H13BrO2/c1-10-13(15)7-4-8-14(10)17-12-6-3-5-11(9-12)16-2/h3-9H,1-2H3. The minimum absolute atomic E-state index is 0.769. The van der Waals surface area contributed by atoms with Crippen molar-refractivity contribution in [2.45, 2.75) is 6.92 Å². The molecule has 0 saturated carbocycles. The maximum atomic E-state index is 5.82. The maximum Gasteiger partial charge on any atom is 0.131 e. The van der Waals surface area contributed by atoms with Crippen LogP contribution in [0.5, 0.6) is 17.2 Å². The second-order valence-electron chi connectivity index (χ2n) is 3.64. The van der Waals surface area contributed by atoms with E-state index in [0.29, 0.717) is 0 Å². The molecule has 2 aromatic rings. The minimum Gasteiger partial charge on any atom is -0.497 e. The largest absolute Gasteiger partial charge is 0.497 e. The van der Waals surface area contributed by atoms with Gasteiger partial charge in [0.15, 0.2) is 0 Å². The SMILES string of the molecule is COc1cccc(Oc2cccc(Br)c2C)c1. The first-order valence-electron chi connectivity index (χ1n) is 5.27. The van der Waals surface area contributed by atoms with Crippen molar-refractivity contribution in [1.82, 2.24) is 0 Å². The highest BCUT2D eigenvalue weighted by Gasteiger charge is 2.04. The number of methoxy groups -OCH3 is 1. The third-order valence-electron chi connectivity index (χ3n) is 2.49. The Kier molecular flexibility index (Phi) is 3.69. The fraction of sp³-hybridized carbons (Fsp3) is 0.143. The van der Waals surface area contributed by atoms with Crippen LogP contribution < -0.4 is 9.47 Å². The van der Waals surface area contributed by atoms with Crippen LogP contribution in [-0.2, 0) is 0 Å². The number of hydrogen-bond acceptors (Lipinski definition) is 2. The molecule has 0 atom stereocenters. The Morgan fingerprint density at radius 1 is 1.00 bits per heavy atom. The van der Waals surface area contributed by atoms with E-state index in [9.17, 15) is 0 Å². The van der Waals surface area contributed by atoms with Gasteiger partial charge in [0, 0.05) is 16.1 Å². The van der Waals surface area contributed by atoms with Crippen molar-refractivity contribution in [2.24, 2.45) is 0 Å². The summed E-state index contributed by atoms with van der Waals surface area (Å²) in [6, 6.07) is 13.4. The lowest BCUT2D eigenvalue weighted by Crippen LogP contribution is -1.89. The average molecular weight is 293 g/mol. The fourth-order valence-electron chi connectivity index (χ4n) is 1.49. The van der Waals surface area contributed by atoms with Gasteiger partial charge >= 0.3 is 0 Å². The molecule has 3 heteroatoms. The Balaban J connectivity index is 2.28. The zero-order valence-electron chi connectivity index (χ0n) is 9.74. The quantitative estimate of drug-likeness (QED) is 0.826. The average Bonchev–Trinajstić information content (AvgIpc) is 2.35. The summed E-state index contributed by atoms with van der Waals surface area (Å²) in [7, 11) is 1.64. The molecule has 0 amide bonds. The molecule has 0 aliphatic carbocycles. The normalized spacial score (nSPS) is 10.1. The molecule has 0 aliphatic rings. The number of halogens is 1. The van der Waals surface area contributed by atoms with Gasteiger partial charge in [0.05, 0.1) is 7.11 Å². The lowest BCUT2D eigenvalue weighted by molar-refractivity contribution is 0.409. The molecule has 0 saturated heterocycles. The summed E-state index contributed by atoms with van der Waals surface area (Å²) >= 11 is 3.48. The Hall–Kier alpha value is -1.48. The Bertz CT molecular complexity index is 523. The monoisotopic (exact) mass is 292 g/mol. The van der Waals surface area contributed by atoms with Gasteiger partial charge in [-0.3, -0.25) is 0 Å². The first-order valence-corrected chi connectivity index (χ1v) is 6.07. The highest BCUT2D eigenvalue weighted by Crippen LogP contribution is 2.30. The van der Waals surface area contributed by atoms with E-state index in [4.69, 9.17) is 9.47 Å². The van der Waals surface area contributed by atoms with Crippen LogP contribution in [0.15, 0.2) is 46.9 Å². The minimum atomic E-state index is 0.769. The van der Waals surface area contributed by atoms with Crippen molar-refractivity contribution in [3.05, 3.63) is 52.5 Å². The highest BCUT2D eigenvalue weighted by atomic mass is 79.9. The lowest BCUT2D eigenvalue weighted by Gasteiger charge is -2.10. The molecule has 0 aliphatic heterocycles. The molecule has 0 unspecified atom stereocenters. The Labute approximate surface area is 109 Å². The van der Waals surface area contributed by atoms with Gasteiger partial charge in [-0.1, -0.05) is 28.1 Å². The van der Waals surface area contributed by atoms with Gasteiger partial charge < -0.3 is 9.47 Å². The summed E-state index contributed by atoms with van der Waals surface area (Å²) in [6.45, 7) is 2.01. The number of ether oxygens (including phenoxy) is 2. The fourth-order valence-corrected chi connectivity index (χ4v) is 1.84. The molecule has 0 spiro atoms. The van der Waals surface area contributed by atoms with Crippen LogP contribution in [0.4, 0.5) is 0 Å². The molecule has 0 radical (unpaired) electrons. The molecule has 0 N–H and O–H groups in total. The predicted molar refractivity (Wildman–Crippen MR) is 71.9 cm³/mol. The van der Waals surface area contributed by atoms with E-state index < -0.39 is 0 Å². The highest BCUT2D eigenvalue weighted by molar-refractivity contribution is 9.10. The van der Waals surface area contributed by atoms with Crippen molar-refractivity contribution < 1.29 is 9.47 Å². The zero-order chi connectivity index (χ0) is 12.3. The van der Waals surface area contributed by atoms with Crippen LogP contribution in [-0.4, -0.2) is 7.11 Å². The maximum absolute atomic E-state index is 5.82.